The van der Waals surface area contributed by atoms with E-state index in [9.17, 15) is 9.59 Å². The summed E-state index contributed by atoms with van der Waals surface area (Å²) in [5, 5.41) is 3.74. The van der Waals surface area contributed by atoms with Crippen LogP contribution < -0.4 is 5.32 Å². The van der Waals surface area contributed by atoms with Gasteiger partial charge in [-0.25, -0.2) is 0 Å². The van der Waals surface area contributed by atoms with E-state index in [4.69, 9.17) is 11.6 Å². The first kappa shape index (κ1) is 21.4. The maximum atomic E-state index is 13.2. The first-order chi connectivity index (χ1) is 13.9. The van der Waals surface area contributed by atoms with E-state index >= 15 is 0 Å². The van der Waals surface area contributed by atoms with Gasteiger partial charge in [0.05, 0.1) is 6.42 Å². The monoisotopic (exact) mass is 412 g/mol. The maximum absolute atomic E-state index is 13.2. The van der Waals surface area contributed by atoms with Crippen LogP contribution in [0.4, 0.5) is 0 Å². The van der Waals surface area contributed by atoms with Crippen molar-refractivity contribution in [2.75, 3.05) is 0 Å². The van der Waals surface area contributed by atoms with E-state index in [-0.39, 0.29) is 24.3 Å². The van der Waals surface area contributed by atoms with Gasteiger partial charge in [-0.05, 0) is 55.5 Å². The van der Waals surface area contributed by atoms with Gasteiger partial charge in [0.2, 0.25) is 11.8 Å². The molecule has 1 atom stereocenters. The van der Waals surface area contributed by atoms with Gasteiger partial charge in [0.25, 0.3) is 0 Å². The zero-order valence-corrected chi connectivity index (χ0v) is 17.9. The first-order valence-electron chi connectivity index (χ1n) is 10.3. The fourth-order valence-electron chi connectivity index (χ4n) is 3.87. The molecule has 1 saturated carbocycles. The van der Waals surface area contributed by atoms with Crippen molar-refractivity contribution in [3.8, 4) is 0 Å². The van der Waals surface area contributed by atoms with Gasteiger partial charge in [-0.3, -0.25) is 9.59 Å². The Balaban J connectivity index is 1.78. The molecule has 0 spiro atoms. The lowest BCUT2D eigenvalue weighted by atomic mass is 10.1. The average molecular weight is 413 g/mol. The van der Waals surface area contributed by atoms with E-state index in [1.165, 1.54) is 0 Å². The quantitative estimate of drug-likeness (QED) is 0.718. The predicted molar refractivity (Wildman–Crippen MR) is 117 cm³/mol. The molecule has 0 unspecified atom stereocenters. The minimum Gasteiger partial charge on any atom is -0.352 e. The highest BCUT2D eigenvalue weighted by atomic mass is 35.5. The van der Waals surface area contributed by atoms with Crippen molar-refractivity contribution in [1.82, 2.24) is 10.2 Å². The van der Waals surface area contributed by atoms with Gasteiger partial charge in [-0.1, -0.05) is 60.8 Å². The SMILES string of the molecule is Cc1ccccc1CN(C(=O)Cc1cccc(Cl)c1)[C@@H](C)C(=O)NC1CCCC1. The van der Waals surface area contributed by atoms with Crippen LogP contribution >= 0.6 is 11.6 Å². The molecule has 0 bridgehead atoms. The Kier molecular flexibility index (Phi) is 7.32. The minimum absolute atomic E-state index is 0.0788. The molecular formula is C24H29ClN2O2. The van der Waals surface area contributed by atoms with E-state index in [1.807, 2.05) is 50.2 Å². The summed E-state index contributed by atoms with van der Waals surface area (Å²) in [4.78, 5) is 27.8. The van der Waals surface area contributed by atoms with Gasteiger partial charge in [0.1, 0.15) is 6.04 Å². The van der Waals surface area contributed by atoms with Crippen LogP contribution in [0.15, 0.2) is 48.5 Å². The van der Waals surface area contributed by atoms with Gasteiger partial charge < -0.3 is 10.2 Å². The molecular weight excluding hydrogens is 384 g/mol. The highest BCUT2D eigenvalue weighted by Gasteiger charge is 2.28. The summed E-state index contributed by atoms with van der Waals surface area (Å²) < 4.78 is 0. The summed E-state index contributed by atoms with van der Waals surface area (Å²) in [5.74, 6) is -0.158. The fourth-order valence-corrected chi connectivity index (χ4v) is 4.08. The van der Waals surface area contributed by atoms with E-state index in [0.29, 0.717) is 11.6 Å². The van der Waals surface area contributed by atoms with E-state index in [2.05, 4.69) is 5.32 Å². The van der Waals surface area contributed by atoms with Crippen LogP contribution in [0, 0.1) is 6.92 Å². The second kappa shape index (κ2) is 9.93. The van der Waals surface area contributed by atoms with Gasteiger partial charge in [-0.15, -0.1) is 0 Å². The van der Waals surface area contributed by atoms with Crippen molar-refractivity contribution in [2.45, 2.75) is 64.6 Å². The van der Waals surface area contributed by atoms with Gasteiger partial charge >= 0.3 is 0 Å². The molecule has 3 rings (SSSR count). The Morgan fingerprint density at radius 1 is 1.14 bits per heavy atom. The Morgan fingerprint density at radius 2 is 1.86 bits per heavy atom. The number of aryl methyl sites for hydroxylation is 1. The van der Waals surface area contributed by atoms with Crippen molar-refractivity contribution in [3.05, 3.63) is 70.2 Å². The van der Waals surface area contributed by atoms with E-state index in [0.717, 1.165) is 42.4 Å². The molecule has 0 heterocycles. The number of hydrogen-bond acceptors (Lipinski definition) is 2. The van der Waals surface area contributed by atoms with Crippen LogP contribution in [-0.4, -0.2) is 28.8 Å². The van der Waals surface area contributed by atoms with Crippen LogP contribution in [0.3, 0.4) is 0 Å². The molecule has 2 aromatic carbocycles. The number of benzene rings is 2. The Morgan fingerprint density at radius 3 is 2.55 bits per heavy atom. The number of halogens is 1. The minimum atomic E-state index is -0.540. The van der Waals surface area contributed by atoms with Crippen molar-refractivity contribution >= 4 is 23.4 Å². The molecule has 1 N–H and O–H groups in total. The second-order valence-corrected chi connectivity index (χ2v) is 8.36. The fraction of sp³-hybridized carbons (Fsp3) is 0.417. The molecule has 2 amide bonds. The Bertz CT molecular complexity index is 861. The summed E-state index contributed by atoms with van der Waals surface area (Å²) in [6.07, 6.45) is 4.56. The molecule has 0 saturated heterocycles. The topological polar surface area (TPSA) is 49.4 Å². The second-order valence-electron chi connectivity index (χ2n) is 7.92. The van der Waals surface area contributed by atoms with E-state index in [1.54, 1.807) is 17.0 Å². The highest BCUT2D eigenvalue weighted by Crippen LogP contribution is 2.20. The number of amides is 2. The lowest BCUT2D eigenvalue weighted by Crippen LogP contribution is -2.50. The normalized spacial score (nSPS) is 15.1. The smallest absolute Gasteiger partial charge is 0.242 e. The molecule has 0 aromatic heterocycles. The number of rotatable bonds is 7. The van der Waals surface area contributed by atoms with Crippen LogP contribution in [0.5, 0.6) is 0 Å². The molecule has 2 aromatic rings. The number of carbonyl (C=O) groups is 2. The zero-order chi connectivity index (χ0) is 20.8. The number of carbonyl (C=O) groups excluding carboxylic acids is 2. The Hall–Kier alpha value is -2.33. The lowest BCUT2D eigenvalue weighted by molar-refractivity contribution is -0.140. The summed E-state index contributed by atoms with van der Waals surface area (Å²) in [7, 11) is 0. The predicted octanol–water partition coefficient (Wildman–Crippen LogP) is 4.67. The lowest BCUT2D eigenvalue weighted by Gasteiger charge is -2.30. The van der Waals surface area contributed by atoms with Gasteiger partial charge in [-0.2, -0.15) is 0 Å². The van der Waals surface area contributed by atoms with Crippen molar-refractivity contribution in [3.63, 3.8) is 0 Å². The maximum Gasteiger partial charge on any atom is 0.242 e. The number of nitrogens with zero attached hydrogens (tertiary/aromatic N) is 1. The molecule has 154 valence electrons. The third-order valence-corrected chi connectivity index (χ3v) is 5.95. The van der Waals surface area contributed by atoms with Crippen molar-refractivity contribution in [2.24, 2.45) is 0 Å². The third-order valence-electron chi connectivity index (χ3n) is 5.72. The molecule has 1 aliphatic rings. The molecule has 1 fully saturated rings. The van der Waals surface area contributed by atoms with Crippen molar-refractivity contribution < 1.29 is 9.59 Å². The molecule has 0 radical (unpaired) electrons. The molecule has 1 aliphatic carbocycles. The number of hydrogen-bond donors (Lipinski definition) is 1. The first-order valence-corrected chi connectivity index (χ1v) is 10.7. The largest absolute Gasteiger partial charge is 0.352 e. The molecule has 0 aliphatic heterocycles. The highest BCUT2D eigenvalue weighted by molar-refractivity contribution is 6.30. The van der Waals surface area contributed by atoms with Gasteiger partial charge in [0.15, 0.2) is 0 Å². The Labute approximate surface area is 178 Å². The molecule has 4 nitrogen and oxygen atoms in total. The summed E-state index contributed by atoms with van der Waals surface area (Å²) in [6.45, 7) is 4.25. The third kappa shape index (κ3) is 5.83. The standard InChI is InChI=1S/C24H29ClN2O2/c1-17-8-3-4-10-20(17)16-27(18(2)24(29)26-22-12-5-6-13-22)23(28)15-19-9-7-11-21(25)14-19/h3-4,7-11,14,18,22H,5-6,12-13,15-16H2,1-2H3,(H,26,29)/t18-/m0/s1. The molecule has 29 heavy (non-hydrogen) atoms. The number of nitrogens with one attached hydrogen (secondary N) is 1. The van der Waals surface area contributed by atoms with Gasteiger partial charge in [0, 0.05) is 17.6 Å². The van der Waals surface area contributed by atoms with Crippen LogP contribution in [0.1, 0.15) is 49.3 Å². The summed E-state index contributed by atoms with van der Waals surface area (Å²) >= 11 is 6.08. The zero-order valence-electron chi connectivity index (χ0n) is 17.2. The summed E-state index contributed by atoms with van der Waals surface area (Å²) in [5.41, 5.74) is 3.00. The van der Waals surface area contributed by atoms with Crippen LogP contribution in [0.2, 0.25) is 5.02 Å². The average Bonchev–Trinajstić information content (AvgIpc) is 3.19. The van der Waals surface area contributed by atoms with Crippen molar-refractivity contribution in [1.29, 1.82) is 0 Å². The van der Waals surface area contributed by atoms with Crippen LogP contribution in [0.25, 0.3) is 0 Å². The van der Waals surface area contributed by atoms with Crippen LogP contribution in [-0.2, 0) is 22.6 Å². The summed E-state index contributed by atoms with van der Waals surface area (Å²) in [6, 6.07) is 15.0. The van der Waals surface area contributed by atoms with E-state index < -0.39 is 6.04 Å². The molecule has 5 heteroatoms.